The van der Waals surface area contributed by atoms with E-state index in [0.717, 1.165) is 0 Å². The second-order valence-corrected chi connectivity index (χ2v) is 8.59. The van der Waals surface area contributed by atoms with Gasteiger partial charge in [0.15, 0.2) is 13.5 Å². The van der Waals surface area contributed by atoms with E-state index in [-0.39, 0.29) is 12.2 Å². The van der Waals surface area contributed by atoms with E-state index in [9.17, 15) is 13.5 Å². The van der Waals surface area contributed by atoms with Crippen molar-refractivity contribution in [3.8, 4) is 0 Å². The third kappa shape index (κ3) is 2.70. The highest BCUT2D eigenvalue weighted by Crippen LogP contribution is 2.42. The van der Waals surface area contributed by atoms with Gasteiger partial charge in [0.1, 0.15) is 6.10 Å². The van der Waals surface area contributed by atoms with Crippen molar-refractivity contribution in [3.05, 3.63) is 29.8 Å². The van der Waals surface area contributed by atoms with Gasteiger partial charge in [0, 0.05) is 11.4 Å². The predicted molar refractivity (Wildman–Crippen MR) is 77.2 cm³/mol. The van der Waals surface area contributed by atoms with Crippen molar-refractivity contribution in [1.29, 1.82) is 0 Å². The van der Waals surface area contributed by atoms with Crippen molar-refractivity contribution < 1.29 is 13.5 Å². The van der Waals surface area contributed by atoms with Crippen LogP contribution in [-0.4, -0.2) is 22.9 Å². The van der Waals surface area contributed by atoms with Crippen LogP contribution in [0.15, 0.2) is 24.3 Å². The van der Waals surface area contributed by atoms with Crippen LogP contribution in [0.25, 0.3) is 0 Å². The van der Waals surface area contributed by atoms with Crippen LogP contribution >= 0.6 is 15.9 Å². The summed E-state index contributed by atoms with van der Waals surface area (Å²) < 4.78 is 22.8. The van der Waals surface area contributed by atoms with Crippen LogP contribution in [0.4, 0.5) is 5.69 Å². The van der Waals surface area contributed by atoms with E-state index in [1.165, 1.54) is 0 Å². The summed E-state index contributed by atoms with van der Waals surface area (Å²) in [4.78, 5) is 0. The predicted octanol–water partition coefficient (Wildman–Crippen LogP) is 2.24. The SMILES string of the molecule is CC[C@@](Br)([C@@H](O)c1ccc(N)cc1)S(=O)(=O)CC. The Balaban J connectivity index is 3.21. The maximum Gasteiger partial charge on any atom is 0.168 e. The molecule has 0 unspecified atom stereocenters. The topological polar surface area (TPSA) is 80.4 Å². The van der Waals surface area contributed by atoms with Gasteiger partial charge in [0.2, 0.25) is 0 Å². The molecular formula is C12H18BrNO3S. The van der Waals surface area contributed by atoms with Crippen LogP contribution in [0.2, 0.25) is 0 Å². The molecule has 18 heavy (non-hydrogen) atoms. The van der Waals surface area contributed by atoms with Crippen molar-refractivity contribution in [2.75, 3.05) is 11.5 Å². The zero-order valence-corrected chi connectivity index (χ0v) is 12.8. The summed E-state index contributed by atoms with van der Waals surface area (Å²) in [6.07, 6.45) is -0.859. The van der Waals surface area contributed by atoms with E-state index < -0.39 is 19.6 Å². The van der Waals surface area contributed by atoms with E-state index in [1.807, 2.05) is 0 Å². The lowest BCUT2D eigenvalue weighted by molar-refractivity contribution is 0.160. The normalized spacial score (nSPS) is 17.1. The number of anilines is 1. The molecule has 0 amide bonds. The highest BCUT2D eigenvalue weighted by molar-refractivity contribution is 9.11. The molecular weight excluding hydrogens is 318 g/mol. The van der Waals surface area contributed by atoms with Gasteiger partial charge in [0.05, 0.1) is 0 Å². The van der Waals surface area contributed by atoms with Gasteiger partial charge in [-0.25, -0.2) is 8.42 Å². The number of halogens is 1. The van der Waals surface area contributed by atoms with E-state index in [1.54, 1.807) is 38.1 Å². The number of aliphatic hydroxyl groups is 1. The molecule has 0 radical (unpaired) electrons. The second kappa shape index (κ2) is 5.59. The standard InChI is InChI=1S/C12H18BrNO3S/c1-3-12(13,18(16,17)4-2)11(15)9-5-7-10(14)8-6-9/h5-8,11,15H,3-4,14H2,1-2H3/t11-,12-/m0/s1. The average molecular weight is 336 g/mol. The summed E-state index contributed by atoms with van der Waals surface area (Å²) in [5.74, 6) is -0.0296. The van der Waals surface area contributed by atoms with E-state index in [2.05, 4.69) is 15.9 Å². The Morgan fingerprint density at radius 2 is 1.83 bits per heavy atom. The molecule has 6 heteroatoms. The fourth-order valence-electron chi connectivity index (χ4n) is 1.75. The average Bonchev–Trinajstić information content (AvgIpc) is 2.37. The van der Waals surface area contributed by atoms with Crippen LogP contribution in [0.5, 0.6) is 0 Å². The Morgan fingerprint density at radius 3 is 2.22 bits per heavy atom. The number of rotatable bonds is 5. The molecule has 4 nitrogen and oxygen atoms in total. The van der Waals surface area contributed by atoms with Crippen molar-refractivity contribution >= 4 is 31.5 Å². The quantitative estimate of drug-likeness (QED) is 0.638. The lowest BCUT2D eigenvalue weighted by Gasteiger charge is -2.31. The fourth-order valence-corrected chi connectivity index (χ4v) is 4.10. The molecule has 0 aliphatic carbocycles. The lowest BCUT2D eigenvalue weighted by atomic mass is 10.0. The minimum Gasteiger partial charge on any atom is -0.399 e. The monoisotopic (exact) mass is 335 g/mol. The number of benzene rings is 1. The summed E-state index contributed by atoms with van der Waals surface area (Å²) in [5.41, 5.74) is 6.67. The molecule has 0 heterocycles. The molecule has 1 aromatic carbocycles. The third-order valence-electron chi connectivity index (χ3n) is 3.04. The van der Waals surface area contributed by atoms with E-state index in [4.69, 9.17) is 5.73 Å². The molecule has 0 aliphatic heterocycles. The number of alkyl halides is 1. The number of aliphatic hydroxyl groups excluding tert-OH is 1. The molecule has 0 spiro atoms. The number of sulfone groups is 1. The van der Waals surface area contributed by atoms with Crippen LogP contribution in [0.1, 0.15) is 31.9 Å². The van der Waals surface area contributed by atoms with Gasteiger partial charge in [-0.15, -0.1) is 0 Å². The lowest BCUT2D eigenvalue weighted by Crippen LogP contribution is -2.39. The third-order valence-corrected chi connectivity index (χ3v) is 7.82. The summed E-state index contributed by atoms with van der Waals surface area (Å²) in [6, 6.07) is 6.55. The molecule has 102 valence electrons. The number of nitrogens with two attached hydrogens (primary N) is 1. The zero-order chi connectivity index (χ0) is 14.0. The number of hydrogen-bond donors (Lipinski definition) is 2. The zero-order valence-electron chi connectivity index (χ0n) is 10.4. The van der Waals surface area contributed by atoms with Crippen molar-refractivity contribution in [2.24, 2.45) is 0 Å². The van der Waals surface area contributed by atoms with Gasteiger partial charge < -0.3 is 10.8 Å². The highest BCUT2D eigenvalue weighted by atomic mass is 79.9. The van der Waals surface area contributed by atoms with Crippen molar-refractivity contribution in [3.63, 3.8) is 0 Å². The molecule has 0 bridgehead atoms. The number of nitrogen functional groups attached to an aromatic ring is 1. The summed E-state index contributed by atoms with van der Waals surface area (Å²) in [6.45, 7) is 3.29. The van der Waals surface area contributed by atoms with Gasteiger partial charge in [-0.1, -0.05) is 41.9 Å². The molecule has 2 atom stereocenters. The first-order chi connectivity index (χ1) is 8.28. The Bertz CT molecular complexity index is 501. The molecule has 0 saturated carbocycles. The van der Waals surface area contributed by atoms with Crippen LogP contribution < -0.4 is 5.73 Å². The van der Waals surface area contributed by atoms with Gasteiger partial charge in [-0.3, -0.25) is 0 Å². The Morgan fingerprint density at radius 1 is 1.33 bits per heavy atom. The largest absolute Gasteiger partial charge is 0.399 e. The molecule has 0 aliphatic rings. The maximum absolute atomic E-state index is 12.1. The number of hydrogen-bond acceptors (Lipinski definition) is 4. The van der Waals surface area contributed by atoms with Gasteiger partial charge in [-0.2, -0.15) is 0 Å². The molecule has 1 rings (SSSR count). The van der Waals surface area contributed by atoms with Crippen molar-refractivity contribution in [1.82, 2.24) is 0 Å². The first-order valence-electron chi connectivity index (χ1n) is 5.73. The molecule has 0 aromatic heterocycles. The second-order valence-electron chi connectivity index (χ2n) is 4.11. The maximum atomic E-state index is 12.1. The Hall–Kier alpha value is -0.590. The van der Waals surface area contributed by atoms with Gasteiger partial charge in [-0.05, 0) is 24.1 Å². The van der Waals surface area contributed by atoms with Crippen LogP contribution in [0.3, 0.4) is 0 Å². The summed E-state index contributed by atoms with van der Waals surface area (Å²) in [5, 5.41) is 10.3. The summed E-state index contributed by atoms with van der Waals surface area (Å²) >= 11 is 3.22. The van der Waals surface area contributed by atoms with E-state index in [0.29, 0.717) is 11.3 Å². The van der Waals surface area contributed by atoms with Crippen molar-refractivity contribution in [2.45, 2.75) is 30.0 Å². The molecule has 0 saturated heterocycles. The minimum atomic E-state index is -3.43. The minimum absolute atomic E-state index is 0.0296. The smallest absolute Gasteiger partial charge is 0.168 e. The first kappa shape index (κ1) is 15.5. The highest BCUT2D eigenvalue weighted by Gasteiger charge is 2.45. The van der Waals surface area contributed by atoms with Crippen LogP contribution in [-0.2, 0) is 9.84 Å². The molecule has 3 N–H and O–H groups in total. The van der Waals surface area contributed by atoms with Crippen LogP contribution in [0, 0.1) is 0 Å². The molecule has 1 aromatic rings. The molecule has 0 fully saturated rings. The van der Waals surface area contributed by atoms with E-state index >= 15 is 0 Å². The Kier molecular flexibility index (Phi) is 4.80. The Labute approximate surface area is 116 Å². The van der Waals surface area contributed by atoms with Gasteiger partial charge >= 0.3 is 0 Å². The fraction of sp³-hybridized carbons (Fsp3) is 0.500. The first-order valence-corrected chi connectivity index (χ1v) is 8.17. The van der Waals surface area contributed by atoms with Gasteiger partial charge in [0.25, 0.3) is 0 Å². The summed E-state index contributed by atoms with van der Waals surface area (Å²) in [7, 11) is -3.43.